The average Bonchev–Trinajstić information content (AvgIpc) is 2.56. The Morgan fingerprint density at radius 1 is 0.773 bits per heavy atom. The highest BCUT2D eigenvalue weighted by Gasteiger charge is 2.01. The summed E-state index contributed by atoms with van der Waals surface area (Å²) in [6.07, 6.45) is 2.10. The molecule has 0 bridgehead atoms. The number of hydrogen-bond donors (Lipinski definition) is 0. The normalized spacial score (nSPS) is 10.6. The molecule has 0 aromatic heterocycles. The number of benzene rings is 3. The molecule has 0 heterocycles. The first kappa shape index (κ1) is 14.5. The Hall–Kier alpha value is -2.48. The molecule has 2 nitrogen and oxygen atoms in total. The molecule has 0 aliphatic rings. The minimum Gasteiger partial charge on any atom is -0.494 e. The van der Waals surface area contributed by atoms with Crippen LogP contribution in [0.1, 0.15) is 19.4 Å². The molecule has 0 N–H and O–H groups in total. The van der Waals surface area contributed by atoms with Crippen molar-refractivity contribution >= 4 is 10.8 Å². The maximum Gasteiger partial charge on any atom is 0.128 e. The van der Waals surface area contributed by atoms with Gasteiger partial charge in [-0.15, -0.1) is 0 Å². The quantitative estimate of drug-likeness (QED) is 0.609. The van der Waals surface area contributed by atoms with Gasteiger partial charge in [0.2, 0.25) is 0 Å². The summed E-state index contributed by atoms with van der Waals surface area (Å²) in [6.45, 7) is 4.69. The predicted octanol–water partition coefficient (Wildman–Crippen LogP) is 5.60. The van der Waals surface area contributed by atoms with Gasteiger partial charge in [-0.3, -0.25) is 0 Å². The van der Waals surface area contributed by atoms with Crippen molar-refractivity contribution in [3.05, 3.63) is 72.6 Å². The minimum absolute atomic E-state index is 0.669. The van der Waals surface area contributed by atoms with Crippen LogP contribution in [0.2, 0.25) is 0 Å². The van der Waals surface area contributed by atoms with E-state index in [4.69, 9.17) is 9.47 Å². The second-order valence-electron chi connectivity index (χ2n) is 5.06. The third-order valence-electron chi connectivity index (χ3n) is 3.54. The van der Waals surface area contributed by atoms with Crippen molar-refractivity contribution < 1.29 is 9.47 Å². The molecule has 111 valence electrons. The molecule has 3 aromatic rings. The largest absolute Gasteiger partial charge is 0.494 e. The molecule has 1 radical (unpaired) electrons. The highest BCUT2D eigenvalue weighted by Crippen LogP contribution is 2.27. The van der Waals surface area contributed by atoms with Crippen molar-refractivity contribution in [2.45, 2.75) is 13.8 Å². The fourth-order valence-electron chi connectivity index (χ4n) is 2.39. The molecule has 0 amide bonds. The monoisotopic (exact) mass is 291 g/mol. The number of ether oxygens (including phenoxy) is 2. The van der Waals surface area contributed by atoms with E-state index in [9.17, 15) is 0 Å². The lowest BCUT2D eigenvalue weighted by Crippen LogP contribution is -1.91. The van der Waals surface area contributed by atoms with Gasteiger partial charge in [-0.05, 0) is 66.1 Å². The summed E-state index contributed by atoms with van der Waals surface area (Å²) < 4.78 is 11.3. The van der Waals surface area contributed by atoms with Crippen LogP contribution < -0.4 is 9.47 Å². The zero-order valence-corrected chi connectivity index (χ0v) is 12.9. The summed E-state index contributed by atoms with van der Waals surface area (Å²) in [7, 11) is 0. The van der Waals surface area contributed by atoms with E-state index >= 15 is 0 Å². The van der Waals surface area contributed by atoms with Crippen molar-refractivity contribution in [3.63, 3.8) is 0 Å². The molecule has 2 heteroatoms. The van der Waals surface area contributed by atoms with Crippen molar-refractivity contribution in [1.29, 1.82) is 0 Å². The fraction of sp³-hybridized carbons (Fsp3) is 0.150. The van der Waals surface area contributed by atoms with E-state index in [1.165, 1.54) is 16.3 Å². The lowest BCUT2D eigenvalue weighted by molar-refractivity contribution is 0.339. The molecule has 3 rings (SSSR count). The van der Waals surface area contributed by atoms with Crippen LogP contribution in [0.15, 0.2) is 60.7 Å². The van der Waals surface area contributed by atoms with E-state index in [0.717, 1.165) is 17.2 Å². The molecular formula is C20H19O2. The maximum absolute atomic E-state index is 5.91. The topological polar surface area (TPSA) is 18.5 Å². The fourth-order valence-corrected chi connectivity index (χ4v) is 2.39. The summed E-state index contributed by atoms with van der Waals surface area (Å²) in [5, 5.41) is 2.39. The Balaban J connectivity index is 1.81. The summed E-state index contributed by atoms with van der Waals surface area (Å²) in [5.41, 5.74) is 1.23. The molecule has 0 saturated heterocycles. The third kappa shape index (κ3) is 3.22. The first-order valence-corrected chi connectivity index (χ1v) is 7.52. The van der Waals surface area contributed by atoms with Gasteiger partial charge in [0.1, 0.15) is 17.2 Å². The SMILES string of the molecule is C[CH]c1ccc2cc(Oc3ccc(OCC)cc3)ccc2c1. The lowest BCUT2D eigenvalue weighted by Gasteiger charge is -2.09. The number of rotatable bonds is 5. The van der Waals surface area contributed by atoms with Crippen molar-refractivity contribution in [2.75, 3.05) is 6.61 Å². The average molecular weight is 291 g/mol. The zero-order valence-electron chi connectivity index (χ0n) is 12.9. The van der Waals surface area contributed by atoms with Gasteiger partial charge in [0.15, 0.2) is 0 Å². The van der Waals surface area contributed by atoms with Crippen LogP contribution in [-0.4, -0.2) is 6.61 Å². The van der Waals surface area contributed by atoms with Crippen LogP contribution in [0.5, 0.6) is 17.2 Å². The highest BCUT2D eigenvalue weighted by atomic mass is 16.5. The van der Waals surface area contributed by atoms with Crippen LogP contribution in [0.4, 0.5) is 0 Å². The Morgan fingerprint density at radius 2 is 1.41 bits per heavy atom. The lowest BCUT2D eigenvalue weighted by atomic mass is 10.1. The molecule has 3 aromatic carbocycles. The minimum atomic E-state index is 0.669. The molecule has 0 saturated carbocycles. The van der Waals surface area contributed by atoms with E-state index in [2.05, 4.69) is 36.8 Å². The van der Waals surface area contributed by atoms with Gasteiger partial charge in [-0.25, -0.2) is 0 Å². The maximum atomic E-state index is 5.91. The highest BCUT2D eigenvalue weighted by molar-refractivity contribution is 5.84. The van der Waals surface area contributed by atoms with Gasteiger partial charge in [0.25, 0.3) is 0 Å². The third-order valence-corrected chi connectivity index (χ3v) is 3.54. The Kier molecular flexibility index (Phi) is 4.29. The first-order chi connectivity index (χ1) is 10.8. The van der Waals surface area contributed by atoms with E-state index in [1.54, 1.807) is 0 Å². The van der Waals surface area contributed by atoms with Gasteiger partial charge in [-0.1, -0.05) is 31.2 Å². The number of hydrogen-bond acceptors (Lipinski definition) is 2. The van der Waals surface area contributed by atoms with Gasteiger partial charge in [-0.2, -0.15) is 0 Å². The second kappa shape index (κ2) is 6.52. The van der Waals surface area contributed by atoms with E-state index < -0.39 is 0 Å². The van der Waals surface area contributed by atoms with E-state index in [1.807, 2.05) is 44.2 Å². The Bertz CT molecular complexity index is 760. The predicted molar refractivity (Wildman–Crippen MR) is 90.7 cm³/mol. The molecule has 0 fully saturated rings. The Morgan fingerprint density at radius 3 is 2.14 bits per heavy atom. The molecular weight excluding hydrogens is 272 g/mol. The first-order valence-electron chi connectivity index (χ1n) is 7.52. The molecule has 0 unspecified atom stereocenters. The summed E-state index contributed by atoms with van der Waals surface area (Å²) >= 11 is 0. The van der Waals surface area contributed by atoms with Crippen LogP contribution in [0, 0.1) is 6.42 Å². The van der Waals surface area contributed by atoms with Gasteiger partial charge >= 0.3 is 0 Å². The molecule has 0 aliphatic carbocycles. The smallest absolute Gasteiger partial charge is 0.128 e. The standard InChI is InChI=1S/C20H19O2/c1-3-15-5-6-17-14-20(8-7-16(17)13-15)22-19-11-9-18(10-12-19)21-4-2/h3,5-14H,4H2,1-2H3. The van der Waals surface area contributed by atoms with Gasteiger partial charge < -0.3 is 9.47 Å². The van der Waals surface area contributed by atoms with Crippen molar-refractivity contribution in [3.8, 4) is 17.2 Å². The summed E-state index contributed by atoms with van der Waals surface area (Å²) in [4.78, 5) is 0. The molecule has 0 aliphatic heterocycles. The van der Waals surface area contributed by atoms with Crippen LogP contribution in [0.25, 0.3) is 10.8 Å². The number of fused-ring (bicyclic) bond motifs is 1. The zero-order chi connectivity index (χ0) is 15.4. The van der Waals surface area contributed by atoms with Gasteiger partial charge in [0.05, 0.1) is 6.61 Å². The molecule has 0 spiro atoms. The summed E-state index contributed by atoms with van der Waals surface area (Å²) in [5.74, 6) is 2.50. The second-order valence-corrected chi connectivity index (χ2v) is 5.06. The van der Waals surface area contributed by atoms with E-state index in [-0.39, 0.29) is 0 Å². The van der Waals surface area contributed by atoms with Crippen molar-refractivity contribution in [1.82, 2.24) is 0 Å². The Labute approximate surface area is 131 Å². The summed E-state index contributed by atoms with van der Waals surface area (Å²) in [6, 6.07) is 20.2. The van der Waals surface area contributed by atoms with E-state index in [0.29, 0.717) is 6.61 Å². The van der Waals surface area contributed by atoms with Crippen molar-refractivity contribution in [2.24, 2.45) is 0 Å². The van der Waals surface area contributed by atoms with Gasteiger partial charge in [0, 0.05) is 0 Å². The van der Waals surface area contributed by atoms with Crippen LogP contribution >= 0.6 is 0 Å². The molecule has 22 heavy (non-hydrogen) atoms. The van der Waals surface area contributed by atoms with Crippen LogP contribution in [0.3, 0.4) is 0 Å². The molecule has 0 atom stereocenters. The van der Waals surface area contributed by atoms with Crippen LogP contribution in [-0.2, 0) is 0 Å².